The molecule has 0 aliphatic heterocycles. The van der Waals surface area contributed by atoms with Gasteiger partial charge in [0, 0.05) is 17.6 Å². The molecule has 2 aromatic carbocycles. The van der Waals surface area contributed by atoms with Crippen molar-refractivity contribution in [2.75, 3.05) is 7.11 Å². The molecule has 0 bridgehead atoms. The highest BCUT2D eigenvalue weighted by atomic mass is 16.5. The summed E-state index contributed by atoms with van der Waals surface area (Å²) in [5, 5.41) is 2.23. The van der Waals surface area contributed by atoms with Crippen LogP contribution in [-0.2, 0) is 4.79 Å². The fourth-order valence-electron chi connectivity index (χ4n) is 3.03. The van der Waals surface area contributed by atoms with E-state index in [1.54, 1.807) is 7.11 Å². The SMILES string of the molecule is COc1ccc2ccccc2c1C1=C(C)CCCC1=O. The molecule has 0 spiro atoms. The van der Waals surface area contributed by atoms with Crippen molar-refractivity contribution in [1.29, 1.82) is 0 Å². The van der Waals surface area contributed by atoms with Gasteiger partial charge in [-0.15, -0.1) is 0 Å². The van der Waals surface area contributed by atoms with Crippen LogP contribution in [0.2, 0.25) is 0 Å². The van der Waals surface area contributed by atoms with E-state index in [0.717, 1.165) is 40.5 Å². The lowest BCUT2D eigenvalue weighted by Crippen LogP contribution is -2.10. The summed E-state index contributed by atoms with van der Waals surface area (Å²) >= 11 is 0. The smallest absolute Gasteiger partial charge is 0.163 e. The highest BCUT2D eigenvalue weighted by molar-refractivity contribution is 6.26. The third kappa shape index (κ3) is 2.01. The van der Waals surface area contributed by atoms with Gasteiger partial charge in [0.1, 0.15) is 5.75 Å². The molecule has 0 aromatic heterocycles. The molecule has 2 nitrogen and oxygen atoms in total. The van der Waals surface area contributed by atoms with Crippen molar-refractivity contribution in [3.8, 4) is 5.75 Å². The minimum Gasteiger partial charge on any atom is -0.496 e. The first-order chi connectivity index (χ1) is 9.72. The number of ether oxygens (including phenoxy) is 1. The molecule has 0 saturated heterocycles. The molecule has 1 aliphatic carbocycles. The van der Waals surface area contributed by atoms with Crippen molar-refractivity contribution in [2.45, 2.75) is 26.2 Å². The molecule has 102 valence electrons. The Morgan fingerprint density at radius 1 is 1.05 bits per heavy atom. The topological polar surface area (TPSA) is 26.3 Å². The van der Waals surface area contributed by atoms with E-state index in [4.69, 9.17) is 4.74 Å². The molecule has 0 saturated carbocycles. The van der Waals surface area contributed by atoms with Gasteiger partial charge in [-0.3, -0.25) is 4.79 Å². The van der Waals surface area contributed by atoms with E-state index >= 15 is 0 Å². The third-order valence-corrected chi connectivity index (χ3v) is 4.02. The summed E-state index contributed by atoms with van der Waals surface area (Å²) in [5.41, 5.74) is 3.01. The maximum atomic E-state index is 12.4. The van der Waals surface area contributed by atoms with Gasteiger partial charge in [0.25, 0.3) is 0 Å². The van der Waals surface area contributed by atoms with Crippen molar-refractivity contribution in [2.24, 2.45) is 0 Å². The number of carbonyl (C=O) groups is 1. The van der Waals surface area contributed by atoms with Gasteiger partial charge in [-0.1, -0.05) is 35.9 Å². The zero-order valence-corrected chi connectivity index (χ0v) is 11.9. The van der Waals surface area contributed by atoms with Gasteiger partial charge in [0.15, 0.2) is 5.78 Å². The fraction of sp³-hybridized carbons (Fsp3) is 0.278. The number of ketones is 1. The van der Waals surface area contributed by atoms with Gasteiger partial charge >= 0.3 is 0 Å². The summed E-state index contributed by atoms with van der Waals surface area (Å²) in [6, 6.07) is 12.2. The van der Waals surface area contributed by atoms with Crippen LogP contribution in [-0.4, -0.2) is 12.9 Å². The van der Waals surface area contributed by atoms with Gasteiger partial charge in [-0.05, 0) is 36.6 Å². The molecule has 0 radical (unpaired) electrons. The normalized spacial score (nSPS) is 15.8. The first-order valence-electron chi connectivity index (χ1n) is 7.01. The van der Waals surface area contributed by atoms with E-state index < -0.39 is 0 Å². The first kappa shape index (κ1) is 12.9. The van der Waals surface area contributed by atoms with Crippen molar-refractivity contribution in [1.82, 2.24) is 0 Å². The minimum absolute atomic E-state index is 0.239. The van der Waals surface area contributed by atoms with Crippen LogP contribution < -0.4 is 4.74 Å². The lowest BCUT2D eigenvalue weighted by molar-refractivity contribution is -0.114. The van der Waals surface area contributed by atoms with E-state index in [-0.39, 0.29) is 5.78 Å². The molecule has 3 rings (SSSR count). The maximum absolute atomic E-state index is 12.4. The second-order valence-corrected chi connectivity index (χ2v) is 5.30. The number of hydrogen-bond donors (Lipinski definition) is 0. The monoisotopic (exact) mass is 266 g/mol. The van der Waals surface area contributed by atoms with Crippen molar-refractivity contribution in [3.63, 3.8) is 0 Å². The van der Waals surface area contributed by atoms with Crippen LogP contribution in [0.4, 0.5) is 0 Å². The Balaban J connectivity index is 2.36. The predicted octanol–water partition coefficient (Wildman–Crippen LogP) is 4.37. The summed E-state index contributed by atoms with van der Waals surface area (Å²) in [7, 11) is 1.66. The Hall–Kier alpha value is -2.09. The summed E-state index contributed by atoms with van der Waals surface area (Å²) in [6.45, 7) is 2.06. The number of fused-ring (bicyclic) bond motifs is 1. The molecule has 2 aromatic rings. The van der Waals surface area contributed by atoms with E-state index in [1.165, 1.54) is 5.57 Å². The fourth-order valence-corrected chi connectivity index (χ4v) is 3.03. The number of Topliss-reactive ketones (excluding diaryl/α,β-unsaturated/α-hetero) is 1. The van der Waals surface area contributed by atoms with Gasteiger partial charge in [-0.25, -0.2) is 0 Å². The Bertz CT molecular complexity index is 710. The molecule has 0 atom stereocenters. The number of hydrogen-bond acceptors (Lipinski definition) is 2. The first-order valence-corrected chi connectivity index (χ1v) is 7.01. The molecule has 0 N–H and O–H groups in total. The van der Waals surface area contributed by atoms with Crippen LogP contribution in [0.3, 0.4) is 0 Å². The zero-order valence-electron chi connectivity index (χ0n) is 11.9. The third-order valence-electron chi connectivity index (χ3n) is 4.02. The average molecular weight is 266 g/mol. The molecule has 0 heterocycles. The van der Waals surface area contributed by atoms with Crippen molar-refractivity contribution >= 4 is 22.1 Å². The molecule has 1 aliphatic rings. The Morgan fingerprint density at radius 3 is 2.60 bits per heavy atom. The van der Waals surface area contributed by atoms with Crippen molar-refractivity contribution < 1.29 is 9.53 Å². The van der Waals surface area contributed by atoms with E-state index in [2.05, 4.69) is 19.1 Å². The molecule has 0 amide bonds. The summed E-state index contributed by atoms with van der Waals surface area (Å²) in [5.74, 6) is 1.02. The molecule has 20 heavy (non-hydrogen) atoms. The quantitative estimate of drug-likeness (QED) is 0.806. The maximum Gasteiger partial charge on any atom is 0.163 e. The number of benzene rings is 2. The Morgan fingerprint density at radius 2 is 1.85 bits per heavy atom. The zero-order chi connectivity index (χ0) is 14.1. The van der Waals surface area contributed by atoms with E-state index in [9.17, 15) is 4.79 Å². The van der Waals surface area contributed by atoms with Gasteiger partial charge in [0.2, 0.25) is 0 Å². The standard InChI is InChI=1S/C18H18O2/c1-12-6-5-9-15(19)17(12)18-14-8-4-3-7-13(14)10-11-16(18)20-2/h3-4,7-8,10-11H,5-6,9H2,1-2H3. The number of carbonyl (C=O) groups excluding carboxylic acids is 1. The van der Waals surface area contributed by atoms with E-state index in [1.807, 2.05) is 24.3 Å². The molecule has 2 heteroatoms. The van der Waals surface area contributed by atoms with Crippen molar-refractivity contribution in [3.05, 3.63) is 47.5 Å². The second-order valence-electron chi connectivity index (χ2n) is 5.30. The lowest BCUT2D eigenvalue weighted by Gasteiger charge is -2.20. The van der Waals surface area contributed by atoms with Gasteiger partial charge in [0.05, 0.1) is 7.11 Å². The molecule has 0 unspecified atom stereocenters. The highest BCUT2D eigenvalue weighted by Gasteiger charge is 2.24. The molecular weight excluding hydrogens is 248 g/mol. The van der Waals surface area contributed by atoms with Crippen LogP contribution in [0.1, 0.15) is 31.7 Å². The average Bonchev–Trinajstić information content (AvgIpc) is 2.47. The summed E-state index contributed by atoms with van der Waals surface area (Å²) < 4.78 is 5.52. The second kappa shape index (κ2) is 5.12. The molecular formula is C18H18O2. The predicted molar refractivity (Wildman–Crippen MR) is 82.0 cm³/mol. The summed E-state index contributed by atoms with van der Waals surface area (Å²) in [6.07, 6.45) is 2.59. The Labute approximate surface area is 119 Å². The molecule has 0 fully saturated rings. The lowest BCUT2D eigenvalue weighted by atomic mass is 9.84. The number of methoxy groups -OCH3 is 1. The van der Waals surface area contributed by atoms with Crippen LogP contribution in [0, 0.1) is 0 Å². The van der Waals surface area contributed by atoms with Gasteiger partial charge < -0.3 is 4.74 Å². The minimum atomic E-state index is 0.239. The highest BCUT2D eigenvalue weighted by Crippen LogP contribution is 2.39. The van der Waals surface area contributed by atoms with Crippen LogP contribution in [0.5, 0.6) is 5.75 Å². The number of rotatable bonds is 2. The van der Waals surface area contributed by atoms with Gasteiger partial charge in [-0.2, -0.15) is 0 Å². The van der Waals surface area contributed by atoms with Crippen LogP contribution >= 0.6 is 0 Å². The summed E-state index contributed by atoms with van der Waals surface area (Å²) in [4.78, 5) is 12.4. The largest absolute Gasteiger partial charge is 0.496 e. The van der Waals surface area contributed by atoms with Crippen LogP contribution in [0.15, 0.2) is 42.0 Å². The van der Waals surface area contributed by atoms with Crippen LogP contribution in [0.25, 0.3) is 16.3 Å². The number of allylic oxidation sites excluding steroid dienone is 2. The van der Waals surface area contributed by atoms with E-state index in [0.29, 0.717) is 6.42 Å². The Kier molecular flexibility index (Phi) is 3.31.